The second-order valence-corrected chi connectivity index (χ2v) is 12.6. The van der Waals surface area contributed by atoms with Crippen molar-refractivity contribution in [2.24, 2.45) is 0 Å². The van der Waals surface area contributed by atoms with Crippen LogP contribution in [0.15, 0.2) is 54.7 Å². The Morgan fingerprint density at radius 2 is 1.64 bits per heavy atom. The van der Waals surface area contributed by atoms with Gasteiger partial charge < -0.3 is 19.4 Å². The van der Waals surface area contributed by atoms with Crippen LogP contribution in [0.5, 0.6) is 0 Å². The maximum absolute atomic E-state index is 13.8. The van der Waals surface area contributed by atoms with Gasteiger partial charge in [0.05, 0.1) is 17.3 Å². The average molecular weight is 590 g/mol. The van der Waals surface area contributed by atoms with Gasteiger partial charge in [0, 0.05) is 43.9 Å². The van der Waals surface area contributed by atoms with E-state index in [1.165, 1.54) is 16.7 Å². The van der Waals surface area contributed by atoms with Crippen LogP contribution in [0.1, 0.15) is 72.4 Å². The molecule has 222 valence electrons. The number of rotatable bonds is 6. The Morgan fingerprint density at radius 3 is 2.33 bits per heavy atom. The summed E-state index contributed by atoms with van der Waals surface area (Å²) >= 11 is 6.15. The smallest absolute Gasteiger partial charge is 0.410 e. The fourth-order valence-electron chi connectivity index (χ4n) is 5.68. The minimum atomic E-state index is -0.558. The summed E-state index contributed by atoms with van der Waals surface area (Å²) in [5, 5.41) is 0.716. The quantitative estimate of drug-likeness (QED) is 0.338. The zero-order valence-corrected chi connectivity index (χ0v) is 25.7. The van der Waals surface area contributed by atoms with Gasteiger partial charge in [-0.1, -0.05) is 48.0 Å². The first-order chi connectivity index (χ1) is 20.1. The molecule has 3 heterocycles. The summed E-state index contributed by atoms with van der Waals surface area (Å²) in [6.07, 6.45) is 4.80. The van der Waals surface area contributed by atoms with Crippen LogP contribution in [0.2, 0.25) is 5.02 Å². The molecule has 2 aromatic carbocycles. The Kier molecular flexibility index (Phi) is 9.02. The van der Waals surface area contributed by atoms with Crippen molar-refractivity contribution in [3.8, 4) is 0 Å². The van der Waals surface area contributed by atoms with Crippen molar-refractivity contribution in [1.82, 2.24) is 19.8 Å². The van der Waals surface area contributed by atoms with E-state index in [2.05, 4.69) is 36.1 Å². The molecule has 9 heteroatoms. The van der Waals surface area contributed by atoms with Crippen LogP contribution >= 0.6 is 11.6 Å². The number of carbonyl (C=O) groups is 2. The van der Waals surface area contributed by atoms with Gasteiger partial charge >= 0.3 is 6.09 Å². The Balaban J connectivity index is 1.37. The molecule has 1 atom stereocenters. The first-order valence-electron chi connectivity index (χ1n) is 14.8. The van der Waals surface area contributed by atoms with E-state index in [1.807, 2.05) is 45.0 Å². The monoisotopic (exact) mass is 589 g/mol. The van der Waals surface area contributed by atoms with Crippen LogP contribution in [0.25, 0.3) is 0 Å². The van der Waals surface area contributed by atoms with Crippen molar-refractivity contribution in [2.45, 2.75) is 65.0 Å². The lowest BCUT2D eigenvalue weighted by atomic mass is 10.0. The summed E-state index contributed by atoms with van der Waals surface area (Å²) in [4.78, 5) is 41.9. The molecule has 0 saturated carbocycles. The molecule has 0 bridgehead atoms. The maximum atomic E-state index is 13.8. The number of piperazine rings is 1. The van der Waals surface area contributed by atoms with E-state index in [0.29, 0.717) is 49.1 Å². The van der Waals surface area contributed by atoms with E-state index in [4.69, 9.17) is 26.3 Å². The highest BCUT2D eigenvalue weighted by Crippen LogP contribution is 2.35. The average Bonchev–Trinajstić information content (AvgIpc) is 3.46. The van der Waals surface area contributed by atoms with Gasteiger partial charge in [-0.05, 0) is 82.2 Å². The molecule has 2 aliphatic rings. The molecule has 5 rings (SSSR count). The van der Waals surface area contributed by atoms with Gasteiger partial charge in [-0.25, -0.2) is 14.8 Å². The topological polar surface area (TPSA) is 78.9 Å². The van der Waals surface area contributed by atoms with Crippen LogP contribution in [-0.2, 0) is 17.6 Å². The van der Waals surface area contributed by atoms with E-state index in [1.54, 1.807) is 16.0 Å². The SMILES string of the molecule is Cc1ccccc1CCc1nc(N2CCC[C@H]2c2ccc(Cl)cc2)ncc1C(=O)N1CCN(C(=O)OC(C)(C)C)CC1. The predicted octanol–water partition coefficient (Wildman–Crippen LogP) is 6.26. The van der Waals surface area contributed by atoms with Gasteiger partial charge in [0.15, 0.2) is 0 Å². The first kappa shape index (κ1) is 29.8. The third kappa shape index (κ3) is 7.04. The Bertz CT molecular complexity index is 1410. The van der Waals surface area contributed by atoms with Gasteiger partial charge in [-0.2, -0.15) is 0 Å². The molecular formula is C33H40ClN5O3. The fraction of sp³-hybridized carbons (Fsp3) is 0.455. The summed E-state index contributed by atoms with van der Waals surface area (Å²) in [6, 6.07) is 16.5. The number of aromatic nitrogens is 2. The van der Waals surface area contributed by atoms with Crippen molar-refractivity contribution < 1.29 is 14.3 Å². The van der Waals surface area contributed by atoms with Gasteiger partial charge in [0.1, 0.15) is 5.60 Å². The second-order valence-electron chi connectivity index (χ2n) is 12.1. The Labute approximate surface area is 253 Å². The van der Waals surface area contributed by atoms with Crippen molar-refractivity contribution in [3.05, 3.63) is 87.7 Å². The van der Waals surface area contributed by atoms with Gasteiger partial charge in [-0.15, -0.1) is 0 Å². The van der Waals surface area contributed by atoms with Crippen LogP contribution in [0, 0.1) is 6.92 Å². The molecule has 8 nitrogen and oxygen atoms in total. The molecule has 0 unspecified atom stereocenters. The number of anilines is 1. The molecular weight excluding hydrogens is 550 g/mol. The third-order valence-corrected chi connectivity index (χ3v) is 8.21. The van der Waals surface area contributed by atoms with E-state index in [-0.39, 0.29) is 18.0 Å². The molecule has 3 aromatic rings. The van der Waals surface area contributed by atoms with Crippen molar-refractivity contribution in [2.75, 3.05) is 37.6 Å². The van der Waals surface area contributed by atoms with Gasteiger partial charge in [-0.3, -0.25) is 4.79 Å². The Morgan fingerprint density at radius 1 is 0.952 bits per heavy atom. The summed E-state index contributed by atoms with van der Waals surface area (Å²) in [5.41, 5.74) is 4.37. The number of nitrogens with zero attached hydrogens (tertiary/aromatic N) is 5. The van der Waals surface area contributed by atoms with Crippen molar-refractivity contribution in [1.29, 1.82) is 0 Å². The zero-order chi connectivity index (χ0) is 29.9. The van der Waals surface area contributed by atoms with E-state index in [0.717, 1.165) is 31.5 Å². The number of ether oxygens (including phenoxy) is 1. The molecule has 2 amide bonds. The standard InChI is InChI=1S/C33H40ClN5O3/c1-23-8-5-6-9-24(23)13-16-28-27(30(40)37-18-20-38(21-19-37)32(41)42-33(2,3)4)22-35-31(36-28)39-17-7-10-29(39)25-11-14-26(34)15-12-25/h5-6,8-9,11-12,14-15,22,29H,7,10,13,16-21H2,1-4H3/t29-/m0/s1. The number of halogens is 1. The van der Waals surface area contributed by atoms with E-state index < -0.39 is 5.60 Å². The second kappa shape index (κ2) is 12.7. The maximum Gasteiger partial charge on any atom is 0.410 e. The lowest BCUT2D eigenvalue weighted by Crippen LogP contribution is -2.51. The minimum absolute atomic E-state index is 0.0964. The highest BCUT2D eigenvalue weighted by molar-refractivity contribution is 6.30. The highest BCUT2D eigenvalue weighted by Gasteiger charge is 2.32. The van der Waals surface area contributed by atoms with Crippen molar-refractivity contribution in [3.63, 3.8) is 0 Å². The molecule has 2 aliphatic heterocycles. The predicted molar refractivity (Wildman–Crippen MR) is 165 cm³/mol. The molecule has 0 aliphatic carbocycles. The number of hydrogen-bond donors (Lipinski definition) is 0. The normalized spacial score (nSPS) is 17.5. The van der Waals surface area contributed by atoms with E-state index in [9.17, 15) is 9.59 Å². The fourth-order valence-corrected chi connectivity index (χ4v) is 5.81. The molecule has 0 N–H and O–H groups in total. The lowest BCUT2D eigenvalue weighted by molar-refractivity contribution is 0.0140. The van der Waals surface area contributed by atoms with Gasteiger partial charge in [0.25, 0.3) is 5.91 Å². The summed E-state index contributed by atoms with van der Waals surface area (Å²) in [5.74, 6) is 0.555. The Hall–Kier alpha value is -3.65. The number of amides is 2. The zero-order valence-electron chi connectivity index (χ0n) is 25.0. The minimum Gasteiger partial charge on any atom is -0.444 e. The molecule has 2 saturated heterocycles. The van der Waals surface area contributed by atoms with Crippen LogP contribution in [0.3, 0.4) is 0 Å². The molecule has 0 spiro atoms. The molecule has 0 radical (unpaired) electrons. The largest absolute Gasteiger partial charge is 0.444 e. The number of carbonyl (C=O) groups excluding carboxylic acids is 2. The summed E-state index contributed by atoms with van der Waals surface area (Å²) in [7, 11) is 0. The molecule has 1 aromatic heterocycles. The first-order valence-corrected chi connectivity index (χ1v) is 15.2. The number of hydrogen-bond acceptors (Lipinski definition) is 6. The molecule has 2 fully saturated rings. The van der Waals surface area contributed by atoms with Crippen LogP contribution in [-0.4, -0.2) is 70.1 Å². The van der Waals surface area contributed by atoms with Crippen LogP contribution < -0.4 is 4.90 Å². The molecule has 42 heavy (non-hydrogen) atoms. The van der Waals surface area contributed by atoms with Gasteiger partial charge in [0.2, 0.25) is 5.95 Å². The third-order valence-electron chi connectivity index (χ3n) is 7.96. The summed E-state index contributed by atoms with van der Waals surface area (Å²) in [6.45, 7) is 10.2. The lowest BCUT2D eigenvalue weighted by Gasteiger charge is -2.35. The number of aryl methyl sites for hydroxylation is 3. The summed E-state index contributed by atoms with van der Waals surface area (Å²) < 4.78 is 5.52. The number of benzene rings is 2. The highest BCUT2D eigenvalue weighted by atomic mass is 35.5. The van der Waals surface area contributed by atoms with Crippen molar-refractivity contribution >= 4 is 29.5 Å². The van der Waals surface area contributed by atoms with E-state index >= 15 is 0 Å². The van der Waals surface area contributed by atoms with Crippen LogP contribution in [0.4, 0.5) is 10.7 Å².